The molecule has 0 fully saturated rings. The fourth-order valence-electron chi connectivity index (χ4n) is 1.83. The van der Waals surface area contributed by atoms with Crippen molar-refractivity contribution in [2.45, 2.75) is 6.92 Å². The average molecular weight is 346 g/mol. The molecule has 0 aliphatic rings. The first-order valence-electron chi connectivity index (χ1n) is 6.90. The number of hydrogen-bond donors (Lipinski definition) is 3. The summed E-state index contributed by atoms with van der Waals surface area (Å²) in [5.74, 6) is -0.304. The van der Waals surface area contributed by atoms with E-state index in [0.717, 1.165) is 16.8 Å². The molecule has 0 aromatic heterocycles. The van der Waals surface area contributed by atoms with Gasteiger partial charge in [0.2, 0.25) is 0 Å². The van der Waals surface area contributed by atoms with Crippen LogP contribution in [0.15, 0.2) is 54.6 Å². The zero-order valence-corrected chi connectivity index (χ0v) is 14.0. The summed E-state index contributed by atoms with van der Waals surface area (Å²) >= 11 is 11.0. The van der Waals surface area contributed by atoms with Crippen LogP contribution in [-0.4, -0.2) is 11.0 Å². The van der Waals surface area contributed by atoms with E-state index in [1.165, 1.54) is 6.08 Å². The Morgan fingerprint density at radius 3 is 2.65 bits per heavy atom. The van der Waals surface area contributed by atoms with Crippen LogP contribution in [0.1, 0.15) is 11.1 Å². The van der Waals surface area contributed by atoms with Gasteiger partial charge in [-0.1, -0.05) is 47.5 Å². The molecule has 118 valence electrons. The van der Waals surface area contributed by atoms with Gasteiger partial charge in [0, 0.05) is 16.8 Å². The van der Waals surface area contributed by atoms with E-state index < -0.39 is 0 Å². The molecule has 1 amide bonds. The number of rotatable bonds is 3. The highest BCUT2D eigenvalue weighted by Crippen LogP contribution is 2.14. The maximum absolute atomic E-state index is 11.7. The molecule has 0 heterocycles. The van der Waals surface area contributed by atoms with Crippen LogP contribution in [0.3, 0.4) is 0 Å². The minimum absolute atomic E-state index is 0.268. The van der Waals surface area contributed by atoms with Crippen molar-refractivity contribution >= 4 is 46.6 Å². The molecule has 0 bridgehead atoms. The van der Waals surface area contributed by atoms with Crippen LogP contribution in [0.2, 0.25) is 5.02 Å². The van der Waals surface area contributed by atoms with Gasteiger partial charge < -0.3 is 5.32 Å². The number of halogens is 1. The van der Waals surface area contributed by atoms with E-state index in [0.29, 0.717) is 5.02 Å². The zero-order valence-electron chi connectivity index (χ0n) is 12.5. The molecule has 0 atom stereocenters. The van der Waals surface area contributed by atoms with Crippen molar-refractivity contribution in [3.8, 4) is 0 Å². The Kier molecular flexibility index (Phi) is 6.14. The van der Waals surface area contributed by atoms with Crippen LogP contribution in [0, 0.1) is 6.92 Å². The third-order valence-electron chi connectivity index (χ3n) is 2.85. The van der Waals surface area contributed by atoms with Gasteiger partial charge in [0.25, 0.3) is 5.91 Å². The van der Waals surface area contributed by atoms with Crippen molar-refractivity contribution in [2.75, 3.05) is 5.32 Å². The van der Waals surface area contributed by atoms with Crippen LogP contribution >= 0.6 is 23.8 Å². The van der Waals surface area contributed by atoms with Crippen molar-refractivity contribution in [3.05, 3.63) is 70.8 Å². The highest BCUT2D eigenvalue weighted by Gasteiger charge is 2.00. The molecule has 2 aromatic carbocycles. The van der Waals surface area contributed by atoms with Crippen molar-refractivity contribution in [1.29, 1.82) is 0 Å². The summed E-state index contributed by atoms with van der Waals surface area (Å²) in [6.07, 6.45) is 3.17. The van der Waals surface area contributed by atoms with E-state index in [4.69, 9.17) is 23.8 Å². The molecule has 0 spiro atoms. The van der Waals surface area contributed by atoms with Crippen LogP contribution < -0.4 is 16.2 Å². The van der Waals surface area contributed by atoms with Gasteiger partial charge in [-0.2, -0.15) is 0 Å². The number of benzene rings is 2. The van der Waals surface area contributed by atoms with E-state index in [2.05, 4.69) is 16.2 Å². The lowest BCUT2D eigenvalue weighted by Crippen LogP contribution is -2.43. The monoisotopic (exact) mass is 345 g/mol. The fraction of sp³-hybridized carbons (Fsp3) is 0.0588. The lowest BCUT2D eigenvalue weighted by molar-refractivity contribution is -0.116. The number of hydrogen-bond acceptors (Lipinski definition) is 2. The fourth-order valence-corrected chi connectivity index (χ4v) is 2.19. The highest BCUT2D eigenvalue weighted by molar-refractivity contribution is 7.80. The SMILES string of the molecule is Cc1cccc(/C=C/C(=O)NNC(=S)Nc2cccc(Cl)c2)c1. The smallest absolute Gasteiger partial charge is 0.262 e. The molecule has 6 heteroatoms. The minimum atomic E-state index is -0.304. The van der Waals surface area contributed by atoms with Gasteiger partial charge in [-0.05, 0) is 49.0 Å². The first kappa shape index (κ1) is 17.0. The maximum atomic E-state index is 11.7. The van der Waals surface area contributed by atoms with E-state index in [1.54, 1.807) is 24.3 Å². The zero-order chi connectivity index (χ0) is 16.7. The summed E-state index contributed by atoms with van der Waals surface area (Å²) in [6, 6.07) is 15.0. The van der Waals surface area contributed by atoms with Crippen molar-refractivity contribution < 1.29 is 4.79 Å². The molecule has 0 aliphatic carbocycles. The van der Waals surface area contributed by atoms with Crippen LogP contribution in [0.4, 0.5) is 5.69 Å². The van der Waals surface area contributed by atoms with E-state index >= 15 is 0 Å². The molecule has 0 unspecified atom stereocenters. The lowest BCUT2D eigenvalue weighted by Gasteiger charge is -2.10. The van der Waals surface area contributed by atoms with E-state index in [1.807, 2.05) is 37.3 Å². The van der Waals surface area contributed by atoms with Gasteiger partial charge in [0.1, 0.15) is 0 Å². The Labute approximate surface area is 145 Å². The van der Waals surface area contributed by atoms with Crippen LogP contribution in [-0.2, 0) is 4.79 Å². The molecule has 0 aliphatic heterocycles. The summed E-state index contributed by atoms with van der Waals surface area (Å²) < 4.78 is 0. The number of aryl methyl sites for hydroxylation is 1. The van der Waals surface area contributed by atoms with E-state index in [9.17, 15) is 4.79 Å². The summed E-state index contributed by atoms with van der Waals surface area (Å²) in [4.78, 5) is 11.7. The number of carbonyl (C=O) groups excluding carboxylic acids is 1. The maximum Gasteiger partial charge on any atom is 0.262 e. The summed E-state index contributed by atoms with van der Waals surface area (Å²) in [5, 5.41) is 3.78. The number of hydrazine groups is 1. The Bertz CT molecular complexity index is 746. The highest BCUT2D eigenvalue weighted by atomic mass is 35.5. The Morgan fingerprint density at radius 1 is 1.13 bits per heavy atom. The van der Waals surface area contributed by atoms with Crippen molar-refractivity contribution in [1.82, 2.24) is 10.9 Å². The first-order chi connectivity index (χ1) is 11.0. The van der Waals surface area contributed by atoms with Gasteiger partial charge in [0.15, 0.2) is 5.11 Å². The molecule has 0 saturated carbocycles. The third-order valence-corrected chi connectivity index (χ3v) is 3.29. The molecule has 3 N–H and O–H groups in total. The molecule has 23 heavy (non-hydrogen) atoms. The van der Waals surface area contributed by atoms with Crippen LogP contribution in [0.25, 0.3) is 6.08 Å². The Balaban J connectivity index is 1.81. The summed E-state index contributed by atoms with van der Waals surface area (Å²) in [5.41, 5.74) is 7.94. The molecule has 4 nitrogen and oxygen atoms in total. The van der Waals surface area contributed by atoms with Gasteiger partial charge in [-0.25, -0.2) is 0 Å². The Morgan fingerprint density at radius 2 is 1.91 bits per heavy atom. The van der Waals surface area contributed by atoms with Gasteiger partial charge in [-0.15, -0.1) is 0 Å². The second-order valence-corrected chi connectivity index (χ2v) is 5.67. The molecular weight excluding hydrogens is 330 g/mol. The predicted octanol–water partition coefficient (Wildman–Crippen LogP) is 3.68. The minimum Gasteiger partial charge on any atom is -0.331 e. The topological polar surface area (TPSA) is 53.2 Å². The summed E-state index contributed by atoms with van der Waals surface area (Å²) in [6.45, 7) is 2.00. The van der Waals surface area contributed by atoms with Crippen LogP contribution in [0.5, 0.6) is 0 Å². The summed E-state index contributed by atoms with van der Waals surface area (Å²) in [7, 11) is 0. The molecule has 0 radical (unpaired) electrons. The molecule has 2 rings (SSSR count). The molecule has 0 saturated heterocycles. The average Bonchev–Trinajstić information content (AvgIpc) is 2.51. The standard InChI is InChI=1S/C17H16ClN3OS/c1-12-4-2-5-13(10-12)8-9-16(22)20-21-17(23)19-15-7-3-6-14(18)11-15/h2-11H,1H3,(H,20,22)(H2,19,21,23)/b9-8+. The molecular formula is C17H16ClN3OS. The van der Waals surface area contributed by atoms with E-state index in [-0.39, 0.29) is 11.0 Å². The van der Waals surface area contributed by atoms with Crippen molar-refractivity contribution in [3.63, 3.8) is 0 Å². The van der Waals surface area contributed by atoms with Gasteiger partial charge in [-0.3, -0.25) is 15.6 Å². The second kappa shape index (κ2) is 8.31. The predicted molar refractivity (Wildman–Crippen MR) is 99.2 cm³/mol. The quantitative estimate of drug-likeness (QED) is 0.451. The first-order valence-corrected chi connectivity index (χ1v) is 7.69. The van der Waals surface area contributed by atoms with Crippen molar-refractivity contribution in [2.24, 2.45) is 0 Å². The Hall–Kier alpha value is -2.37. The van der Waals surface area contributed by atoms with Gasteiger partial charge >= 0.3 is 0 Å². The number of nitrogens with one attached hydrogen (secondary N) is 3. The number of thiocarbonyl (C=S) groups is 1. The largest absolute Gasteiger partial charge is 0.331 e. The number of amides is 1. The normalized spacial score (nSPS) is 10.3. The number of carbonyl (C=O) groups is 1. The second-order valence-electron chi connectivity index (χ2n) is 4.83. The van der Waals surface area contributed by atoms with Gasteiger partial charge in [0.05, 0.1) is 0 Å². The lowest BCUT2D eigenvalue weighted by atomic mass is 10.1. The number of anilines is 1. The molecule has 2 aromatic rings. The third kappa shape index (κ3) is 6.10.